The van der Waals surface area contributed by atoms with Crippen LogP contribution in [0, 0.1) is 11.3 Å². The van der Waals surface area contributed by atoms with Gasteiger partial charge in [-0.05, 0) is 30.3 Å². The van der Waals surface area contributed by atoms with Crippen LogP contribution in [0.25, 0.3) is 0 Å². The normalized spacial score (nSPS) is 10.0. The summed E-state index contributed by atoms with van der Waals surface area (Å²) in [5.41, 5.74) is 1.33. The third-order valence-electron chi connectivity index (χ3n) is 2.46. The zero-order valence-electron chi connectivity index (χ0n) is 9.66. The second-order valence-corrected chi connectivity index (χ2v) is 5.51. The van der Waals surface area contributed by atoms with Gasteiger partial charge in [-0.2, -0.15) is 5.26 Å². The lowest BCUT2D eigenvalue weighted by Crippen LogP contribution is -1.97. The molecule has 19 heavy (non-hydrogen) atoms. The van der Waals surface area contributed by atoms with Gasteiger partial charge in [-0.25, -0.2) is 0 Å². The second-order valence-electron chi connectivity index (χ2n) is 3.78. The van der Waals surface area contributed by atoms with Gasteiger partial charge >= 0.3 is 0 Å². The number of hydrogen-bond donors (Lipinski definition) is 0. The summed E-state index contributed by atoms with van der Waals surface area (Å²) in [4.78, 5) is 0. The van der Waals surface area contributed by atoms with E-state index in [0.29, 0.717) is 28.0 Å². The molecule has 0 saturated carbocycles. The van der Waals surface area contributed by atoms with Crippen molar-refractivity contribution < 1.29 is 4.74 Å². The van der Waals surface area contributed by atoms with Gasteiger partial charge in [0.2, 0.25) is 0 Å². The zero-order valence-corrected chi connectivity index (χ0v) is 12.8. The molecule has 2 aromatic rings. The molecule has 96 valence electrons. The predicted octanol–water partition coefficient (Wildman–Crippen LogP) is 5.21. The van der Waals surface area contributed by atoms with E-state index < -0.39 is 0 Å². The SMILES string of the molecule is N#Cc1ccc(COc2ccc(Br)cc2Cl)c(Cl)c1. The average Bonchev–Trinajstić information content (AvgIpc) is 2.39. The second kappa shape index (κ2) is 6.29. The molecule has 0 radical (unpaired) electrons. The molecule has 0 spiro atoms. The molecule has 0 aliphatic carbocycles. The van der Waals surface area contributed by atoms with Crippen molar-refractivity contribution in [1.29, 1.82) is 5.26 Å². The van der Waals surface area contributed by atoms with Gasteiger partial charge in [-0.1, -0.05) is 45.2 Å². The van der Waals surface area contributed by atoms with Crippen molar-refractivity contribution >= 4 is 39.1 Å². The van der Waals surface area contributed by atoms with Gasteiger partial charge in [0.05, 0.1) is 16.7 Å². The Kier molecular flexibility index (Phi) is 4.71. The summed E-state index contributed by atoms with van der Waals surface area (Å²) in [7, 11) is 0. The standard InChI is InChI=1S/C14H8BrCl2NO/c15-11-3-4-14(13(17)6-11)19-8-10-2-1-9(7-18)5-12(10)16/h1-6H,8H2. The van der Waals surface area contributed by atoms with E-state index in [2.05, 4.69) is 15.9 Å². The molecule has 5 heteroatoms. The van der Waals surface area contributed by atoms with Crippen molar-refractivity contribution in [2.24, 2.45) is 0 Å². The first-order chi connectivity index (χ1) is 9.10. The minimum Gasteiger partial charge on any atom is -0.487 e. The first kappa shape index (κ1) is 14.2. The smallest absolute Gasteiger partial charge is 0.138 e. The Morgan fingerprint density at radius 3 is 2.53 bits per heavy atom. The molecular formula is C14H8BrCl2NO. The van der Waals surface area contributed by atoms with Crippen LogP contribution in [-0.4, -0.2) is 0 Å². The van der Waals surface area contributed by atoms with E-state index in [1.807, 2.05) is 12.1 Å². The van der Waals surface area contributed by atoms with Crippen molar-refractivity contribution in [3.63, 3.8) is 0 Å². The third kappa shape index (κ3) is 3.63. The molecule has 0 atom stereocenters. The lowest BCUT2D eigenvalue weighted by atomic mass is 10.1. The lowest BCUT2D eigenvalue weighted by molar-refractivity contribution is 0.306. The van der Waals surface area contributed by atoms with Crippen LogP contribution >= 0.6 is 39.1 Å². The molecule has 0 saturated heterocycles. The number of nitriles is 1. The lowest BCUT2D eigenvalue weighted by Gasteiger charge is -2.09. The molecule has 0 fully saturated rings. The summed E-state index contributed by atoms with van der Waals surface area (Å²) in [6, 6.07) is 12.5. The Labute approximate surface area is 129 Å². The largest absolute Gasteiger partial charge is 0.487 e. The molecule has 0 bridgehead atoms. The Morgan fingerprint density at radius 1 is 1.11 bits per heavy atom. The van der Waals surface area contributed by atoms with Gasteiger partial charge in [-0.3, -0.25) is 0 Å². The Hall–Kier alpha value is -1.21. The number of halogens is 3. The van der Waals surface area contributed by atoms with Gasteiger partial charge in [-0.15, -0.1) is 0 Å². The molecule has 0 amide bonds. The molecule has 0 N–H and O–H groups in total. The molecule has 0 aromatic heterocycles. The van der Waals surface area contributed by atoms with Crippen LogP contribution < -0.4 is 4.74 Å². The zero-order chi connectivity index (χ0) is 13.8. The van der Waals surface area contributed by atoms with Gasteiger partial charge in [0.15, 0.2) is 0 Å². The topological polar surface area (TPSA) is 33.0 Å². The first-order valence-corrected chi connectivity index (χ1v) is 6.91. The van der Waals surface area contributed by atoms with Gasteiger partial charge in [0, 0.05) is 15.1 Å². The fourth-order valence-corrected chi connectivity index (χ4v) is 2.44. The Morgan fingerprint density at radius 2 is 1.89 bits per heavy atom. The number of rotatable bonds is 3. The fourth-order valence-electron chi connectivity index (χ4n) is 1.48. The number of hydrogen-bond acceptors (Lipinski definition) is 2. The third-order valence-corrected chi connectivity index (χ3v) is 3.60. The van der Waals surface area contributed by atoms with Crippen LogP contribution in [0.3, 0.4) is 0 Å². The predicted molar refractivity (Wildman–Crippen MR) is 79.7 cm³/mol. The minimum absolute atomic E-state index is 0.298. The van der Waals surface area contributed by atoms with Gasteiger partial charge in [0.1, 0.15) is 12.4 Å². The van der Waals surface area contributed by atoms with E-state index in [1.165, 1.54) is 0 Å². The quantitative estimate of drug-likeness (QED) is 0.756. The Balaban J connectivity index is 2.13. The number of nitrogens with zero attached hydrogens (tertiary/aromatic N) is 1. The van der Waals surface area contributed by atoms with Crippen molar-refractivity contribution in [2.45, 2.75) is 6.61 Å². The number of benzene rings is 2. The van der Waals surface area contributed by atoms with E-state index in [9.17, 15) is 0 Å². The summed E-state index contributed by atoms with van der Waals surface area (Å²) in [5.74, 6) is 0.588. The molecule has 2 aromatic carbocycles. The van der Waals surface area contributed by atoms with E-state index in [1.54, 1.807) is 30.3 Å². The highest BCUT2D eigenvalue weighted by Crippen LogP contribution is 2.29. The molecule has 2 nitrogen and oxygen atoms in total. The summed E-state index contributed by atoms with van der Waals surface area (Å²) in [6.07, 6.45) is 0. The van der Waals surface area contributed by atoms with Crippen LogP contribution in [0.2, 0.25) is 10.0 Å². The Bertz CT molecular complexity index is 652. The first-order valence-electron chi connectivity index (χ1n) is 5.36. The van der Waals surface area contributed by atoms with Crippen LogP contribution in [0.5, 0.6) is 5.75 Å². The van der Waals surface area contributed by atoms with Crippen LogP contribution in [0.15, 0.2) is 40.9 Å². The van der Waals surface area contributed by atoms with E-state index in [-0.39, 0.29) is 0 Å². The van der Waals surface area contributed by atoms with E-state index in [0.717, 1.165) is 10.0 Å². The fraction of sp³-hybridized carbons (Fsp3) is 0.0714. The van der Waals surface area contributed by atoms with Crippen molar-refractivity contribution in [3.8, 4) is 11.8 Å². The van der Waals surface area contributed by atoms with Gasteiger partial charge in [0.25, 0.3) is 0 Å². The maximum absolute atomic E-state index is 8.76. The number of ether oxygens (including phenoxy) is 1. The van der Waals surface area contributed by atoms with Crippen molar-refractivity contribution in [3.05, 3.63) is 62.0 Å². The monoisotopic (exact) mass is 355 g/mol. The summed E-state index contributed by atoms with van der Waals surface area (Å²) < 4.78 is 6.50. The highest BCUT2D eigenvalue weighted by Gasteiger charge is 2.06. The van der Waals surface area contributed by atoms with E-state index >= 15 is 0 Å². The maximum Gasteiger partial charge on any atom is 0.138 e. The highest BCUT2D eigenvalue weighted by atomic mass is 79.9. The van der Waals surface area contributed by atoms with Crippen LogP contribution in [0.1, 0.15) is 11.1 Å². The molecule has 0 aliphatic heterocycles. The van der Waals surface area contributed by atoms with Crippen molar-refractivity contribution in [2.75, 3.05) is 0 Å². The molecule has 0 heterocycles. The summed E-state index contributed by atoms with van der Waals surface area (Å²) in [5, 5.41) is 9.80. The van der Waals surface area contributed by atoms with Gasteiger partial charge < -0.3 is 4.74 Å². The summed E-state index contributed by atoms with van der Waals surface area (Å²) >= 11 is 15.4. The van der Waals surface area contributed by atoms with Crippen LogP contribution in [-0.2, 0) is 6.61 Å². The summed E-state index contributed by atoms with van der Waals surface area (Å²) in [6.45, 7) is 0.298. The maximum atomic E-state index is 8.76. The molecule has 2 rings (SSSR count). The minimum atomic E-state index is 0.298. The highest BCUT2D eigenvalue weighted by molar-refractivity contribution is 9.10. The van der Waals surface area contributed by atoms with Crippen molar-refractivity contribution in [1.82, 2.24) is 0 Å². The molecular weight excluding hydrogens is 349 g/mol. The molecule has 0 aliphatic rings. The average molecular weight is 357 g/mol. The molecule has 0 unspecified atom stereocenters. The van der Waals surface area contributed by atoms with Crippen LogP contribution in [0.4, 0.5) is 0 Å². The van der Waals surface area contributed by atoms with E-state index in [4.69, 9.17) is 33.2 Å².